The minimum absolute atomic E-state index is 0.248. The van der Waals surface area contributed by atoms with Gasteiger partial charge in [-0.1, -0.05) is 48.2 Å². The van der Waals surface area contributed by atoms with Gasteiger partial charge >= 0.3 is 0 Å². The van der Waals surface area contributed by atoms with Crippen molar-refractivity contribution in [3.63, 3.8) is 0 Å². The summed E-state index contributed by atoms with van der Waals surface area (Å²) in [6.45, 7) is 2.02. The number of aryl methyl sites for hydroxylation is 1. The molecular formula is C22H19FN4OS. The van der Waals surface area contributed by atoms with Crippen molar-refractivity contribution < 1.29 is 9.50 Å². The first-order chi connectivity index (χ1) is 14.1. The fourth-order valence-electron chi connectivity index (χ4n) is 3.07. The SMILES string of the molecule is Cc1ccccc1-n1c(SC[C@@H](O)c2ccccc2F)nnc1-c1cccnc1. The van der Waals surface area contributed by atoms with Crippen LogP contribution in [0.25, 0.3) is 17.1 Å². The molecule has 1 N–H and O–H groups in total. The van der Waals surface area contributed by atoms with Gasteiger partial charge in [-0.15, -0.1) is 10.2 Å². The Morgan fingerprint density at radius 1 is 1.03 bits per heavy atom. The number of hydrogen-bond donors (Lipinski definition) is 1. The van der Waals surface area contributed by atoms with Crippen LogP contribution in [0, 0.1) is 12.7 Å². The number of aliphatic hydroxyl groups is 1. The van der Waals surface area contributed by atoms with Crippen LogP contribution in [-0.4, -0.2) is 30.6 Å². The lowest BCUT2D eigenvalue weighted by atomic mass is 10.1. The largest absolute Gasteiger partial charge is 0.387 e. The van der Waals surface area contributed by atoms with Crippen LogP contribution in [-0.2, 0) is 0 Å². The van der Waals surface area contributed by atoms with E-state index < -0.39 is 11.9 Å². The Morgan fingerprint density at radius 2 is 1.83 bits per heavy atom. The summed E-state index contributed by atoms with van der Waals surface area (Å²) in [5.74, 6) is 0.491. The molecule has 5 nitrogen and oxygen atoms in total. The van der Waals surface area contributed by atoms with Gasteiger partial charge < -0.3 is 5.11 Å². The molecule has 0 radical (unpaired) electrons. The maximum absolute atomic E-state index is 14.0. The molecule has 0 amide bonds. The van der Waals surface area contributed by atoms with Gasteiger partial charge in [-0.3, -0.25) is 9.55 Å². The van der Waals surface area contributed by atoms with Crippen molar-refractivity contribution in [2.24, 2.45) is 0 Å². The zero-order valence-corrected chi connectivity index (χ0v) is 16.6. The highest BCUT2D eigenvalue weighted by molar-refractivity contribution is 7.99. The van der Waals surface area contributed by atoms with Crippen molar-refractivity contribution in [3.05, 3.63) is 90.0 Å². The van der Waals surface area contributed by atoms with Crippen LogP contribution >= 0.6 is 11.8 Å². The third-order valence-corrected chi connectivity index (χ3v) is 5.55. The second-order valence-electron chi connectivity index (χ2n) is 6.52. The molecule has 0 saturated carbocycles. The molecule has 0 saturated heterocycles. The smallest absolute Gasteiger partial charge is 0.196 e. The molecule has 29 heavy (non-hydrogen) atoms. The summed E-state index contributed by atoms with van der Waals surface area (Å²) in [6, 6.07) is 18.0. The lowest BCUT2D eigenvalue weighted by molar-refractivity contribution is 0.199. The third kappa shape index (κ3) is 4.06. The van der Waals surface area contributed by atoms with Gasteiger partial charge in [0.2, 0.25) is 0 Å². The molecule has 0 aliphatic rings. The number of rotatable bonds is 6. The number of para-hydroxylation sites is 1. The highest BCUT2D eigenvalue weighted by Crippen LogP contribution is 2.31. The Kier molecular flexibility index (Phi) is 5.69. The minimum Gasteiger partial charge on any atom is -0.387 e. The summed E-state index contributed by atoms with van der Waals surface area (Å²) in [6.07, 6.45) is 2.49. The van der Waals surface area contributed by atoms with E-state index in [9.17, 15) is 9.50 Å². The molecule has 0 fully saturated rings. The lowest BCUT2D eigenvalue weighted by Gasteiger charge is -2.14. The average Bonchev–Trinajstić information content (AvgIpc) is 3.17. The Morgan fingerprint density at radius 3 is 2.59 bits per heavy atom. The number of benzene rings is 2. The van der Waals surface area contributed by atoms with Gasteiger partial charge in [-0.05, 0) is 36.8 Å². The topological polar surface area (TPSA) is 63.8 Å². The Hall–Kier alpha value is -3.03. The molecule has 4 rings (SSSR count). The molecule has 2 aromatic carbocycles. The Labute approximate surface area is 172 Å². The molecule has 7 heteroatoms. The normalized spacial score (nSPS) is 12.1. The molecule has 2 aromatic heterocycles. The van der Waals surface area contributed by atoms with Crippen molar-refractivity contribution in [1.29, 1.82) is 0 Å². The van der Waals surface area contributed by atoms with Crippen molar-refractivity contribution in [2.75, 3.05) is 5.75 Å². The maximum Gasteiger partial charge on any atom is 0.196 e. The predicted molar refractivity (Wildman–Crippen MR) is 111 cm³/mol. The zero-order chi connectivity index (χ0) is 20.2. The molecule has 0 aliphatic carbocycles. The van der Waals surface area contributed by atoms with Crippen LogP contribution in [0.2, 0.25) is 0 Å². The van der Waals surface area contributed by atoms with Gasteiger partial charge in [-0.2, -0.15) is 0 Å². The molecule has 1 atom stereocenters. The fraction of sp³-hybridized carbons (Fsp3) is 0.136. The van der Waals surface area contributed by atoms with Gasteiger partial charge in [0.1, 0.15) is 5.82 Å². The first kappa shape index (κ1) is 19.3. The Bertz CT molecular complexity index is 1120. The van der Waals surface area contributed by atoms with E-state index in [4.69, 9.17) is 0 Å². The van der Waals surface area contributed by atoms with Crippen molar-refractivity contribution in [3.8, 4) is 17.1 Å². The van der Waals surface area contributed by atoms with Crippen LogP contribution < -0.4 is 0 Å². The standard InChI is InChI=1S/C22H19FN4OS/c1-15-7-2-5-11-19(15)27-21(16-8-6-12-24-13-16)25-26-22(27)29-14-20(28)17-9-3-4-10-18(17)23/h2-13,20,28H,14H2,1H3/t20-/m1/s1. The quantitative estimate of drug-likeness (QED) is 0.474. The van der Waals surface area contributed by atoms with E-state index >= 15 is 0 Å². The molecule has 0 unspecified atom stereocenters. The van der Waals surface area contributed by atoms with E-state index in [1.807, 2.05) is 47.9 Å². The fourth-order valence-corrected chi connectivity index (χ4v) is 3.96. The molecular weight excluding hydrogens is 387 g/mol. The second-order valence-corrected chi connectivity index (χ2v) is 7.51. The monoisotopic (exact) mass is 406 g/mol. The third-order valence-electron chi connectivity index (χ3n) is 4.54. The van der Waals surface area contributed by atoms with Crippen LogP contribution in [0.1, 0.15) is 17.2 Å². The minimum atomic E-state index is -0.954. The van der Waals surface area contributed by atoms with Gasteiger partial charge in [0.05, 0.1) is 11.8 Å². The number of nitrogens with zero attached hydrogens (tertiary/aromatic N) is 4. The van der Waals surface area contributed by atoms with E-state index in [-0.39, 0.29) is 11.3 Å². The van der Waals surface area contributed by atoms with E-state index in [0.29, 0.717) is 11.0 Å². The van der Waals surface area contributed by atoms with Crippen LogP contribution in [0.5, 0.6) is 0 Å². The molecule has 2 heterocycles. The van der Waals surface area contributed by atoms with Crippen molar-refractivity contribution in [1.82, 2.24) is 19.7 Å². The summed E-state index contributed by atoms with van der Waals surface area (Å²) in [5, 5.41) is 19.8. The lowest BCUT2D eigenvalue weighted by Crippen LogP contribution is -2.06. The average molecular weight is 406 g/mol. The number of hydrogen-bond acceptors (Lipinski definition) is 5. The zero-order valence-electron chi connectivity index (χ0n) is 15.7. The number of aromatic nitrogens is 4. The summed E-state index contributed by atoms with van der Waals surface area (Å²) < 4.78 is 15.9. The van der Waals surface area contributed by atoms with Crippen molar-refractivity contribution in [2.45, 2.75) is 18.2 Å². The second kappa shape index (κ2) is 8.55. The molecule has 0 spiro atoms. The van der Waals surface area contributed by atoms with E-state index in [1.54, 1.807) is 30.6 Å². The predicted octanol–water partition coefficient (Wildman–Crippen LogP) is 4.60. The van der Waals surface area contributed by atoms with Gasteiger partial charge in [0.25, 0.3) is 0 Å². The number of halogens is 1. The summed E-state index contributed by atoms with van der Waals surface area (Å²) >= 11 is 1.33. The summed E-state index contributed by atoms with van der Waals surface area (Å²) in [7, 11) is 0. The van der Waals surface area contributed by atoms with E-state index in [2.05, 4.69) is 15.2 Å². The molecule has 0 aliphatic heterocycles. The Balaban J connectivity index is 1.70. The first-order valence-corrected chi connectivity index (χ1v) is 10.1. The first-order valence-electron chi connectivity index (χ1n) is 9.12. The maximum atomic E-state index is 14.0. The summed E-state index contributed by atoms with van der Waals surface area (Å²) in [5.41, 5.74) is 3.12. The van der Waals surface area contributed by atoms with Crippen LogP contribution in [0.3, 0.4) is 0 Å². The number of aliphatic hydroxyl groups excluding tert-OH is 1. The number of thioether (sulfide) groups is 1. The molecule has 0 bridgehead atoms. The van der Waals surface area contributed by atoms with Crippen LogP contribution in [0.15, 0.2) is 78.2 Å². The summed E-state index contributed by atoms with van der Waals surface area (Å²) in [4.78, 5) is 4.18. The van der Waals surface area contributed by atoms with Crippen LogP contribution in [0.4, 0.5) is 4.39 Å². The highest BCUT2D eigenvalue weighted by atomic mass is 32.2. The van der Waals surface area contributed by atoms with Gasteiger partial charge in [0, 0.05) is 29.3 Å². The van der Waals surface area contributed by atoms with E-state index in [1.165, 1.54) is 17.8 Å². The van der Waals surface area contributed by atoms with Gasteiger partial charge in [0.15, 0.2) is 11.0 Å². The van der Waals surface area contributed by atoms with Gasteiger partial charge in [-0.25, -0.2) is 4.39 Å². The van der Waals surface area contributed by atoms with Crippen molar-refractivity contribution >= 4 is 11.8 Å². The number of pyridine rings is 1. The highest BCUT2D eigenvalue weighted by Gasteiger charge is 2.20. The molecule has 4 aromatic rings. The molecule has 146 valence electrons. The van der Waals surface area contributed by atoms with E-state index in [0.717, 1.165) is 16.8 Å².